The number of rotatable bonds is 7. The summed E-state index contributed by atoms with van der Waals surface area (Å²) in [4.78, 5) is 45.2. The van der Waals surface area contributed by atoms with Gasteiger partial charge in [-0.05, 0) is 107 Å². The summed E-state index contributed by atoms with van der Waals surface area (Å²) in [5.74, 6) is -0.978. The van der Waals surface area contributed by atoms with Gasteiger partial charge in [0.25, 0.3) is 12.2 Å². The molecule has 5 aromatic rings. The van der Waals surface area contributed by atoms with Crippen LogP contribution >= 0.6 is 0 Å². The van der Waals surface area contributed by atoms with E-state index in [1.165, 1.54) is 62.8 Å². The van der Waals surface area contributed by atoms with Crippen LogP contribution < -0.4 is 22.1 Å². The number of anilines is 3. The average molecular weight is 891 g/mol. The van der Waals surface area contributed by atoms with Crippen molar-refractivity contribution in [3.05, 3.63) is 151 Å². The number of carbonyl (C=O) groups is 1. The Bertz CT molecular complexity index is 2540. The molecule has 8 N–H and O–H groups in total. The van der Waals surface area contributed by atoms with Crippen LogP contribution in [0.2, 0.25) is 0 Å². The molecule has 0 spiro atoms. The number of nitrogens with two attached hydrogens (primary N) is 2. The van der Waals surface area contributed by atoms with Gasteiger partial charge in [0.15, 0.2) is 28.6 Å². The Morgan fingerprint density at radius 2 is 1.18 bits per heavy atom. The van der Waals surface area contributed by atoms with Gasteiger partial charge < -0.3 is 36.9 Å². The highest BCUT2D eigenvalue weighted by molar-refractivity contribution is 5.80. The SMILES string of the molecule is C.CCO.NC1CC1.O=CO.[C-]#[N+]c1ccc(N)c(NC2CC2)c1.[C-]#[N+]c1ccc([N+](=O)[O-])c(F)c1.[C-]#[N+]c1ccc([N+](=O)[O-])c(NC2CC2)c1.[C-]#[N+]c1ccc2ncn(C3CC3)c2c1. The first kappa shape index (κ1) is 53.0. The molecule has 1 aromatic heterocycles. The Kier molecular flexibility index (Phi) is 22.0. The molecule has 4 fully saturated rings. The summed E-state index contributed by atoms with van der Waals surface area (Å²) in [6.07, 6.45) is 11.4. The number of nitrogen functional groups attached to an aromatic ring is 1. The van der Waals surface area contributed by atoms with Crippen molar-refractivity contribution >= 4 is 68.7 Å². The Morgan fingerprint density at radius 3 is 1.62 bits per heavy atom. The lowest BCUT2D eigenvalue weighted by molar-refractivity contribution is -0.387. The Labute approximate surface area is 376 Å². The molecule has 0 atom stereocenters. The second-order valence-electron chi connectivity index (χ2n) is 14.2. The Hall–Kier alpha value is -8.17. The van der Waals surface area contributed by atoms with Gasteiger partial charge in [-0.1, -0.05) is 19.6 Å². The van der Waals surface area contributed by atoms with E-state index >= 15 is 0 Å². The molecule has 65 heavy (non-hydrogen) atoms. The molecule has 20 heteroatoms. The fraction of sp³-hybridized carbons (Fsp3) is 0.333. The van der Waals surface area contributed by atoms with E-state index in [2.05, 4.69) is 39.6 Å². The van der Waals surface area contributed by atoms with E-state index in [4.69, 9.17) is 52.8 Å². The van der Waals surface area contributed by atoms with Crippen LogP contribution in [-0.4, -0.2) is 60.8 Å². The lowest BCUT2D eigenvalue weighted by Gasteiger charge is -2.07. The van der Waals surface area contributed by atoms with Crippen LogP contribution in [0.1, 0.15) is 71.8 Å². The van der Waals surface area contributed by atoms with Gasteiger partial charge in [-0.15, -0.1) is 0 Å². The number of fused-ring (bicyclic) bond motifs is 1. The zero-order chi connectivity index (χ0) is 47.2. The first-order valence-corrected chi connectivity index (χ1v) is 19.8. The van der Waals surface area contributed by atoms with Gasteiger partial charge in [0.1, 0.15) is 5.69 Å². The van der Waals surface area contributed by atoms with Crippen LogP contribution in [-0.2, 0) is 4.79 Å². The Morgan fingerprint density at radius 1 is 0.769 bits per heavy atom. The summed E-state index contributed by atoms with van der Waals surface area (Å²) < 4.78 is 14.9. The molecule has 19 nitrogen and oxygen atoms in total. The molecule has 1 heterocycles. The topological polar surface area (TPSA) is 255 Å². The van der Waals surface area contributed by atoms with E-state index in [0.29, 0.717) is 46.9 Å². The molecule has 0 bridgehead atoms. The summed E-state index contributed by atoms with van der Waals surface area (Å²) in [5, 5.41) is 41.6. The van der Waals surface area contributed by atoms with Gasteiger partial charge in [-0.25, -0.2) is 28.8 Å². The minimum absolute atomic E-state index is 0. The molecule has 340 valence electrons. The summed E-state index contributed by atoms with van der Waals surface area (Å²) >= 11 is 0. The van der Waals surface area contributed by atoms with Crippen molar-refractivity contribution in [3.8, 4) is 0 Å². The smallest absolute Gasteiger partial charge is 0.302 e. The lowest BCUT2D eigenvalue weighted by Crippen LogP contribution is -2.03. The van der Waals surface area contributed by atoms with Crippen LogP contribution in [0.5, 0.6) is 0 Å². The van der Waals surface area contributed by atoms with E-state index in [9.17, 15) is 24.6 Å². The van der Waals surface area contributed by atoms with Gasteiger partial charge in [0, 0.05) is 48.6 Å². The number of carboxylic acid groups (broad SMARTS) is 1. The molecule has 4 aliphatic rings. The minimum atomic E-state index is -0.978. The number of aliphatic hydroxyl groups is 1. The van der Waals surface area contributed by atoms with Gasteiger partial charge in [0.05, 0.1) is 59.2 Å². The van der Waals surface area contributed by atoms with Crippen LogP contribution in [0.25, 0.3) is 30.4 Å². The van der Waals surface area contributed by atoms with Crippen molar-refractivity contribution in [1.82, 2.24) is 9.55 Å². The normalized spacial score (nSPS) is 13.4. The largest absolute Gasteiger partial charge is 0.483 e. The number of hydrogen-bond donors (Lipinski definition) is 6. The van der Waals surface area contributed by atoms with Crippen molar-refractivity contribution in [2.24, 2.45) is 5.73 Å². The number of nitro benzene ring substituents is 2. The number of nitrogens with zero attached hydrogens (tertiary/aromatic N) is 8. The molecule has 0 saturated heterocycles. The van der Waals surface area contributed by atoms with Gasteiger partial charge in [-0.2, -0.15) is 0 Å². The molecular weight excluding hydrogens is 840 g/mol. The van der Waals surface area contributed by atoms with E-state index in [1.807, 2.05) is 24.5 Å². The van der Waals surface area contributed by atoms with Crippen LogP contribution in [0.3, 0.4) is 0 Å². The fourth-order valence-electron chi connectivity index (χ4n) is 5.04. The predicted octanol–water partition coefficient (Wildman–Crippen LogP) is 10.8. The minimum Gasteiger partial charge on any atom is -0.483 e. The molecule has 4 aliphatic carbocycles. The molecule has 0 radical (unpaired) electrons. The zero-order valence-corrected chi connectivity index (χ0v) is 34.8. The molecular formula is C45H51FN12O7. The summed E-state index contributed by atoms with van der Waals surface area (Å²) in [5.41, 5.74) is 16.4. The number of hydrogen-bond acceptors (Lipinski definition) is 11. The summed E-state index contributed by atoms with van der Waals surface area (Å²) in [7, 11) is 0. The maximum Gasteiger partial charge on any atom is 0.302 e. The third-order valence-electron chi connectivity index (χ3n) is 8.85. The first-order valence-electron chi connectivity index (χ1n) is 19.8. The van der Waals surface area contributed by atoms with E-state index < -0.39 is 21.4 Å². The van der Waals surface area contributed by atoms with Crippen molar-refractivity contribution in [1.29, 1.82) is 0 Å². The second kappa shape index (κ2) is 27.0. The third kappa shape index (κ3) is 18.8. The maximum absolute atomic E-state index is 12.7. The number of imidazole rings is 1. The van der Waals surface area contributed by atoms with E-state index in [1.54, 1.807) is 25.1 Å². The highest BCUT2D eigenvalue weighted by Gasteiger charge is 2.26. The summed E-state index contributed by atoms with van der Waals surface area (Å²) in [6, 6.07) is 20.5. The van der Waals surface area contributed by atoms with Crippen LogP contribution in [0.15, 0.2) is 79.1 Å². The molecule has 9 rings (SSSR count). The van der Waals surface area contributed by atoms with Gasteiger partial charge >= 0.3 is 5.69 Å². The number of nitrogens with one attached hydrogen (secondary N) is 2. The predicted molar refractivity (Wildman–Crippen MR) is 249 cm³/mol. The van der Waals surface area contributed by atoms with E-state index in [0.717, 1.165) is 47.4 Å². The molecule has 0 aliphatic heterocycles. The van der Waals surface area contributed by atoms with Crippen molar-refractivity contribution < 1.29 is 29.2 Å². The van der Waals surface area contributed by atoms with Crippen LogP contribution in [0, 0.1) is 52.3 Å². The third-order valence-corrected chi connectivity index (χ3v) is 8.85. The van der Waals surface area contributed by atoms with Crippen molar-refractivity contribution in [2.45, 2.75) is 89.9 Å². The van der Waals surface area contributed by atoms with Crippen molar-refractivity contribution in [3.63, 3.8) is 0 Å². The number of benzene rings is 4. The molecule has 0 unspecified atom stereocenters. The van der Waals surface area contributed by atoms with E-state index in [-0.39, 0.29) is 31.9 Å². The fourth-order valence-corrected chi connectivity index (χ4v) is 5.04. The number of aliphatic hydroxyl groups excluding tert-OH is 1. The van der Waals surface area contributed by atoms with Crippen LogP contribution in [0.4, 0.5) is 55.6 Å². The van der Waals surface area contributed by atoms with Gasteiger partial charge in [0.2, 0.25) is 0 Å². The quantitative estimate of drug-likeness (QED) is 0.0293. The average Bonchev–Trinajstić information content (AvgIpc) is 4.04. The Balaban J connectivity index is 0.000000277. The monoisotopic (exact) mass is 890 g/mol. The molecule has 0 amide bonds. The molecule has 4 saturated carbocycles. The molecule has 4 aromatic carbocycles. The second-order valence-corrected chi connectivity index (χ2v) is 14.2. The highest BCUT2D eigenvalue weighted by Crippen LogP contribution is 2.38. The zero-order valence-electron chi connectivity index (χ0n) is 34.8. The number of halogens is 1. The number of nitro groups is 2. The standard InChI is InChI=1S/C11H9N3.C10H9N3O2.C10H11N3.C7H3FN2O2.C3H7N.C2H6O.CH2O2.CH4/c1-12-8-2-5-10-11(6-8)14(7-13-10)9-3-4-9;1-11-8-4-5-10(13(14)15)9(6-8)12-7-2-3-7;1-12-8-4-5-9(11)10(6-8)13-7-2-3-7;1-9-5-2-3-7(10(11)12)6(8)4-5;4-3-1-2-3;1-2-3;2-1-3;/h2,5-7,9H,3-4H2;4-7,12H,2-3H2;4-7,13H,2-3,11H2;2-4H;3H,1-2,4H2;3H,2H2,1H3;1H,(H,2,3);1H4. The lowest BCUT2D eigenvalue weighted by atomic mass is 10.2. The number of aromatic nitrogens is 2. The van der Waals surface area contributed by atoms with Crippen molar-refractivity contribution in [2.75, 3.05) is 23.0 Å². The highest BCUT2D eigenvalue weighted by atomic mass is 19.1. The van der Waals surface area contributed by atoms with Gasteiger partial charge in [-0.3, -0.25) is 25.0 Å². The summed E-state index contributed by atoms with van der Waals surface area (Å²) in [6.45, 7) is 28.9. The maximum atomic E-state index is 12.7. The first-order chi connectivity index (χ1) is 30.7.